The molecule has 7 heteroatoms. The highest BCUT2D eigenvalue weighted by Crippen LogP contribution is 2.43. The molecule has 3 rings (SSSR count). The van der Waals surface area contributed by atoms with E-state index in [1.165, 1.54) is 6.92 Å². The summed E-state index contributed by atoms with van der Waals surface area (Å²) in [7, 11) is 0. The van der Waals surface area contributed by atoms with E-state index in [4.69, 9.17) is 11.6 Å². The smallest absolute Gasteiger partial charge is 0.313 e. The van der Waals surface area contributed by atoms with Gasteiger partial charge in [0.2, 0.25) is 5.91 Å². The Morgan fingerprint density at radius 3 is 2.22 bits per heavy atom. The fraction of sp³-hybridized carbons (Fsp3) is 0.438. The molecule has 2 atom stereocenters. The third-order valence-corrected chi connectivity index (χ3v) is 5.11. The molecule has 2 heterocycles. The summed E-state index contributed by atoms with van der Waals surface area (Å²) in [6.45, 7) is 2.45. The Kier molecular flexibility index (Phi) is 3.80. The molecular formula is C16H17ClN2O4. The number of benzene rings is 1. The topological polar surface area (TPSA) is 77.9 Å². The lowest BCUT2D eigenvalue weighted by molar-refractivity contribution is -0.149. The van der Waals surface area contributed by atoms with Crippen LogP contribution in [0.25, 0.3) is 0 Å². The first-order valence-corrected chi connectivity index (χ1v) is 7.75. The zero-order chi connectivity index (χ0) is 16.8. The minimum atomic E-state index is -1.06. The third-order valence-electron chi connectivity index (χ3n) is 4.86. The Balaban J connectivity index is 1.82. The fourth-order valence-corrected chi connectivity index (χ4v) is 3.66. The van der Waals surface area contributed by atoms with Gasteiger partial charge in [0.25, 0.3) is 5.91 Å². The largest absolute Gasteiger partial charge is 0.481 e. The van der Waals surface area contributed by atoms with Crippen molar-refractivity contribution in [3.63, 3.8) is 0 Å². The summed E-state index contributed by atoms with van der Waals surface area (Å²) in [5, 5.41) is 10.2. The molecule has 1 N–H and O–H groups in total. The lowest BCUT2D eigenvalue weighted by atomic mass is 9.81. The van der Waals surface area contributed by atoms with E-state index in [-0.39, 0.29) is 30.8 Å². The number of carbonyl (C=O) groups is 3. The zero-order valence-corrected chi connectivity index (χ0v) is 13.4. The molecule has 2 amide bonds. The number of hydrogen-bond acceptors (Lipinski definition) is 3. The van der Waals surface area contributed by atoms with Crippen molar-refractivity contribution < 1.29 is 19.5 Å². The molecule has 1 aromatic rings. The standard InChI is InChI=1S/C16H17ClN2O4/c1-10(20)18-6-12-7-19(9-16(12,8-18)15(22)23)14(21)11-2-4-13(17)5-3-11/h2-5,12H,6-9H2,1H3,(H,22,23)/t12-,16-/m0/s1. The minimum Gasteiger partial charge on any atom is -0.481 e. The molecule has 0 aliphatic carbocycles. The Morgan fingerprint density at radius 2 is 1.70 bits per heavy atom. The Labute approximate surface area is 138 Å². The lowest BCUT2D eigenvalue weighted by Crippen LogP contribution is -2.42. The van der Waals surface area contributed by atoms with Gasteiger partial charge >= 0.3 is 5.97 Å². The summed E-state index contributed by atoms with van der Waals surface area (Å²) in [6.07, 6.45) is 0. The molecule has 0 spiro atoms. The summed E-state index contributed by atoms with van der Waals surface area (Å²) < 4.78 is 0. The van der Waals surface area contributed by atoms with Crippen molar-refractivity contribution in [2.75, 3.05) is 26.2 Å². The summed E-state index contributed by atoms with van der Waals surface area (Å²) in [5.74, 6) is -1.51. The van der Waals surface area contributed by atoms with Gasteiger partial charge in [0.1, 0.15) is 5.41 Å². The first kappa shape index (κ1) is 15.8. The number of amides is 2. The van der Waals surface area contributed by atoms with Crippen molar-refractivity contribution in [1.29, 1.82) is 0 Å². The van der Waals surface area contributed by atoms with E-state index in [9.17, 15) is 19.5 Å². The monoisotopic (exact) mass is 336 g/mol. The van der Waals surface area contributed by atoms with E-state index < -0.39 is 11.4 Å². The summed E-state index contributed by atoms with van der Waals surface area (Å²) in [4.78, 5) is 39.1. The van der Waals surface area contributed by atoms with Crippen LogP contribution < -0.4 is 0 Å². The van der Waals surface area contributed by atoms with Crippen LogP contribution in [0.2, 0.25) is 5.02 Å². The molecule has 122 valence electrons. The van der Waals surface area contributed by atoms with Gasteiger partial charge in [0.15, 0.2) is 0 Å². The maximum absolute atomic E-state index is 12.6. The Hall–Kier alpha value is -2.08. The predicted molar refractivity (Wildman–Crippen MR) is 83.2 cm³/mol. The molecule has 0 radical (unpaired) electrons. The van der Waals surface area contributed by atoms with Crippen LogP contribution in [0.4, 0.5) is 0 Å². The van der Waals surface area contributed by atoms with Gasteiger partial charge in [-0.05, 0) is 24.3 Å². The van der Waals surface area contributed by atoms with Crippen LogP contribution in [0.15, 0.2) is 24.3 Å². The van der Waals surface area contributed by atoms with Crippen molar-refractivity contribution in [3.8, 4) is 0 Å². The number of rotatable bonds is 2. The highest BCUT2D eigenvalue weighted by atomic mass is 35.5. The number of halogens is 1. The van der Waals surface area contributed by atoms with Crippen LogP contribution >= 0.6 is 11.6 Å². The number of carboxylic acids is 1. The van der Waals surface area contributed by atoms with Crippen molar-refractivity contribution in [3.05, 3.63) is 34.9 Å². The van der Waals surface area contributed by atoms with Crippen LogP contribution in [0.5, 0.6) is 0 Å². The molecule has 23 heavy (non-hydrogen) atoms. The van der Waals surface area contributed by atoms with Crippen LogP contribution in [-0.4, -0.2) is 58.9 Å². The summed E-state index contributed by atoms with van der Waals surface area (Å²) in [5.41, 5.74) is -0.577. The van der Waals surface area contributed by atoms with E-state index in [1.807, 2.05) is 0 Å². The molecule has 6 nitrogen and oxygen atoms in total. The number of likely N-dealkylation sites (tertiary alicyclic amines) is 2. The molecule has 2 fully saturated rings. The van der Waals surface area contributed by atoms with Crippen molar-refractivity contribution in [1.82, 2.24) is 9.80 Å². The van der Waals surface area contributed by atoms with Crippen LogP contribution in [-0.2, 0) is 9.59 Å². The van der Waals surface area contributed by atoms with E-state index in [0.29, 0.717) is 23.7 Å². The van der Waals surface area contributed by atoms with E-state index >= 15 is 0 Å². The zero-order valence-electron chi connectivity index (χ0n) is 12.7. The predicted octanol–water partition coefficient (Wildman–Crippen LogP) is 1.35. The quantitative estimate of drug-likeness (QED) is 0.884. The van der Waals surface area contributed by atoms with Gasteiger partial charge in [0.05, 0.1) is 0 Å². The van der Waals surface area contributed by atoms with Gasteiger partial charge in [-0.3, -0.25) is 14.4 Å². The van der Waals surface area contributed by atoms with E-state index in [1.54, 1.807) is 34.1 Å². The molecule has 0 aromatic heterocycles. The van der Waals surface area contributed by atoms with Crippen LogP contribution in [0, 0.1) is 11.3 Å². The van der Waals surface area contributed by atoms with Crippen LogP contribution in [0.3, 0.4) is 0 Å². The fourth-order valence-electron chi connectivity index (χ4n) is 3.54. The third kappa shape index (κ3) is 2.57. The number of carboxylic acid groups (broad SMARTS) is 1. The van der Waals surface area contributed by atoms with Gasteiger partial charge in [0, 0.05) is 49.6 Å². The Morgan fingerprint density at radius 1 is 1.13 bits per heavy atom. The first-order chi connectivity index (χ1) is 10.8. The number of fused-ring (bicyclic) bond motifs is 1. The maximum atomic E-state index is 12.6. The second-order valence-corrected chi connectivity index (χ2v) is 6.69. The molecule has 1 aromatic carbocycles. The SMILES string of the molecule is CC(=O)N1C[C@H]2CN(C(=O)c3ccc(Cl)cc3)C[C@@]2(C(=O)O)C1. The first-order valence-electron chi connectivity index (χ1n) is 7.37. The highest BCUT2D eigenvalue weighted by Gasteiger charge is 2.59. The maximum Gasteiger partial charge on any atom is 0.313 e. The van der Waals surface area contributed by atoms with Crippen molar-refractivity contribution >= 4 is 29.4 Å². The molecule has 2 aliphatic heterocycles. The molecule has 0 unspecified atom stereocenters. The van der Waals surface area contributed by atoms with Gasteiger partial charge in [-0.1, -0.05) is 11.6 Å². The lowest BCUT2D eigenvalue weighted by Gasteiger charge is -2.25. The average Bonchev–Trinajstić information content (AvgIpc) is 3.02. The van der Waals surface area contributed by atoms with E-state index in [2.05, 4.69) is 0 Å². The molecule has 0 bridgehead atoms. The molecule has 2 aliphatic rings. The normalized spacial score (nSPS) is 26.3. The second-order valence-electron chi connectivity index (χ2n) is 6.25. The van der Waals surface area contributed by atoms with Crippen molar-refractivity contribution in [2.45, 2.75) is 6.92 Å². The molecule has 2 saturated heterocycles. The Bertz CT molecular complexity index is 675. The number of hydrogen-bond donors (Lipinski definition) is 1. The van der Waals surface area contributed by atoms with Crippen molar-refractivity contribution in [2.24, 2.45) is 11.3 Å². The number of carbonyl (C=O) groups excluding carboxylic acids is 2. The molecule has 0 saturated carbocycles. The van der Waals surface area contributed by atoms with E-state index in [0.717, 1.165) is 0 Å². The summed E-state index contributed by atoms with van der Waals surface area (Å²) >= 11 is 5.82. The number of aliphatic carboxylic acids is 1. The average molecular weight is 337 g/mol. The number of nitrogens with zero attached hydrogens (tertiary/aromatic N) is 2. The highest BCUT2D eigenvalue weighted by molar-refractivity contribution is 6.30. The summed E-state index contributed by atoms with van der Waals surface area (Å²) in [6, 6.07) is 6.54. The van der Waals surface area contributed by atoms with Gasteiger partial charge < -0.3 is 14.9 Å². The van der Waals surface area contributed by atoms with Gasteiger partial charge in [-0.25, -0.2) is 0 Å². The van der Waals surface area contributed by atoms with Crippen LogP contribution in [0.1, 0.15) is 17.3 Å². The minimum absolute atomic E-state index is 0.123. The van der Waals surface area contributed by atoms with Gasteiger partial charge in [-0.2, -0.15) is 0 Å². The van der Waals surface area contributed by atoms with Gasteiger partial charge in [-0.15, -0.1) is 0 Å². The second kappa shape index (κ2) is 5.53. The molecular weight excluding hydrogens is 320 g/mol.